The first-order chi connectivity index (χ1) is 7.65. The van der Waals surface area contributed by atoms with E-state index >= 15 is 0 Å². The van der Waals surface area contributed by atoms with E-state index in [0.717, 1.165) is 17.3 Å². The summed E-state index contributed by atoms with van der Waals surface area (Å²) in [6.45, 7) is 2.25. The molecule has 1 saturated carbocycles. The van der Waals surface area contributed by atoms with Crippen LogP contribution in [-0.4, -0.2) is 27.6 Å². The van der Waals surface area contributed by atoms with Crippen LogP contribution in [0.4, 0.5) is 5.82 Å². The highest BCUT2D eigenvalue weighted by Crippen LogP contribution is 2.39. The minimum absolute atomic E-state index is 0.0990. The highest BCUT2D eigenvalue weighted by atomic mass is 16.4. The minimum Gasteiger partial charge on any atom is -0.481 e. The van der Waals surface area contributed by atoms with E-state index in [2.05, 4.69) is 15.3 Å². The summed E-state index contributed by atoms with van der Waals surface area (Å²) in [6, 6.07) is 1.92. The van der Waals surface area contributed by atoms with Gasteiger partial charge in [0.05, 0.1) is 6.42 Å². The summed E-state index contributed by atoms with van der Waals surface area (Å²) in [5.74, 6) is 1.25. The van der Waals surface area contributed by atoms with Gasteiger partial charge in [0.25, 0.3) is 0 Å². The smallest absolute Gasteiger partial charge is 0.305 e. The van der Waals surface area contributed by atoms with Gasteiger partial charge in [0.2, 0.25) is 0 Å². The number of carbonyl (C=O) groups is 1. The molecule has 1 aliphatic rings. The van der Waals surface area contributed by atoms with Crippen molar-refractivity contribution in [3.05, 3.63) is 17.6 Å². The molecule has 1 aliphatic carbocycles. The van der Waals surface area contributed by atoms with Gasteiger partial charge in [-0.25, -0.2) is 9.97 Å². The molecule has 1 aromatic rings. The molecule has 0 atom stereocenters. The van der Waals surface area contributed by atoms with Crippen molar-refractivity contribution in [2.45, 2.75) is 32.1 Å². The second-order valence-electron chi connectivity index (χ2n) is 4.07. The van der Waals surface area contributed by atoms with Gasteiger partial charge in [-0.15, -0.1) is 0 Å². The van der Waals surface area contributed by atoms with E-state index in [0.29, 0.717) is 12.5 Å². The number of carboxylic acid groups (broad SMARTS) is 1. The molecule has 1 heterocycles. The van der Waals surface area contributed by atoms with E-state index in [9.17, 15) is 4.79 Å². The highest BCUT2D eigenvalue weighted by molar-refractivity contribution is 5.67. The molecule has 86 valence electrons. The van der Waals surface area contributed by atoms with Crippen LogP contribution in [0.15, 0.2) is 6.07 Å². The molecule has 0 bridgehead atoms. The topological polar surface area (TPSA) is 75.1 Å². The molecule has 5 nitrogen and oxygen atoms in total. The summed E-state index contributed by atoms with van der Waals surface area (Å²) in [6.07, 6.45) is 2.50. The Morgan fingerprint density at radius 1 is 1.56 bits per heavy atom. The highest BCUT2D eigenvalue weighted by Gasteiger charge is 2.25. The minimum atomic E-state index is -0.805. The number of rotatable bonds is 5. The normalized spacial score (nSPS) is 14.8. The second-order valence-corrected chi connectivity index (χ2v) is 4.07. The molecule has 2 rings (SSSR count). The van der Waals surface area contributed by atoms with Gasteiger partial charge in [0, 0.05) is 24.2 Å². The molecular formula is C11H15N3O2. The number of anilines is 1. The second kappa shape index (κ2) is 4.47. The quantitative estimate of drug-likeness (QED) is 0.789. The van der Waals surface area contributed by atoms with Crippen LogP contribution >= 0.6 is 0 Å². The first-order valence-electron chi connectivity index (χ1n) is 5.46. The molecule has 16 heavy (non-hydrogen) atoms. The van der Waals surface area contributed by atoms with E-state index < -0.39 is 5.97 Å². The van der Waals surface area contributed by atoms with Gasteiger partial charge in [-0.1, -0.05) is 0 Å². The fraction of sp³-hybridized carbons (Fsp3) is 0.545. The maximum Gasteiger partial charge on any atom is 0.305 e. The van der Waals surface area contributed by atoms with Crippen LogP contribution in [0, 0.1) is 6.92 Å². The van der Waals surface area contributed by atoms with E-state index in [1.165, 1.54) is 12.8 Å². The molecule has 0 amide bonds. The van der Waals surface area contributed by atoms with E-state index in [1.54, 1.807) is 0 Å². The Morgan fingerprint density at radius 2 is 2.31 bits per heavy atom. The Labute approximate surface area is 93.9 Å². The Balaban J connectivity index is 1.99. The Bertz CT molecular complexity index is 402. The fourth-order valence-corrected chi connectivity index (χ4v) is 1.57. The summed E-state index contributed by atoms with van der Waals surface area (Å²) in [5.41, 5.74) is 1.07. The van der Waals surface area contributed by atoms with Crippen LogP contribution < -0.4 is 5.32 Å². The monoisotopic (exact) mass is 221 g/mol. The van der Waals surface area contributed by atoms with Crippen molar-refractivity contribution in [3.63, 3.8) is 0 Å². The molecule has 1 aromatic heterocycles. The van der Waals surface area contributed by atoms with Crippen LogP contribution in [0.2, 0.25) is 0 Å². The molecule has 0 radical (unpaired) electrons. The summed E-state index contributed by atoms with van der Waals surface area (Å²) < 4.78 is 0. The molecule has 1 fully saturated rings. The van der Waals surface area contributed by atoms with Gasteiger partial charge in [0.15, 0.2) is 0 Å². The van der Waals surface area contributed by atoms with Gasteiger partial charge in [-0.3, -0.25) is 4.79 Å². The Kier molecular flexibility index (Phi) is 3.03. The zero-order valence-electron chi connectivity index (χ0n) is 9.23. The van der Waals surface area contributed by atoms with Crippen molar-refractivity contribution < 1.29 is 9.90 Å². The lowest BCUT2D eigenvalue weighted by Crippen LogP contribution is -2.10. The number of carboxylic acids is 1. The van der Waals surface area contributed by atoms with Gasteiger partial charge >= 0.3 is 5.97 Å². The molecule has 0 aliphatic heterocycles. The van der Waals surface area contributed by atoms with Crippen LogP contribution in [0.1, 0.15) is 36.7 Å². The molecule has 0 aromatic carbocycles. The predicted octanol–water partition coefficient (Wildman–Crippen LogP) is 1.55. The van der Waals surface area contributed by atoms with E-state index in [4.69, 9.17) is 5.11 Å². The number of hydrogen-bond donors (Lipinski definition) is 2. The summed E-state index contributed by atoms with van der Waals surface area (Å²) in [7, 11) is 0. The number of aromatic nitrogens is 2. The average Bonchev–Trinajstić information content (AvgIpc) is 2.99. The predicted molar refractivity (Wildman–Crippen MR) is 59.5 cm³/mol. The van der Waals surface area contributed by atoms with Crippen molar-refractivity contribution in [3.8, 4) is 0 Å². The third kappa shape index (κ3) is 2.92. The van der Waals surface area contributed by atoms with Crippen molar-refractivity contribution >= 4 is 11.8 Å². The third-order valence-electron chi connectivity index (χ3n) is 2.50. The molecular weight excluding hydrogens is 206 g/mol. The molecule has 5 heteroatoms. The standard InChI is InChI=1S/C11H15N3O2/c1-7-13-9(8-2-3-8)6-10(14-7)12-5-4-11(15)16/h6,8H,2-5H2,1H3,(H,15,16)(H,12,13,14). The van der Waals surface area contributed by atoms with Gasteiger partial charge in [-0.2, -0.15) is 0 Å². The lowest BCUT2D eigenvalue weighted by Gasteiger charge is -2.06. The Morgan fingerprint density at radius 3 is 2.94 bits per heavy atom. The largest absolute Gasteiger partial charge is 0.481 e. The lowest BCUT2D eigenvalue weighted by molar-refractivity contribution is -0.136. The van der Waals surface area contributed by atoms with Crippen LogP contribution in [0.3, 0.4) is 0 Å². The van der Waals surface area contributed by atoms with Gasteiger partial charge in [0.1, 0.15) is 11.6 Å². The van der Waals surface area contributed by atoms with Crippen molar-refractivity contribution in [2.75, 3.05) is 11.9 Å². The summed E-state index contributed by atoms with van der Waals surface area (Å²) in [4.78, 5) is 19.0. The first kappa shape index (κ1) is 10.9. The van der Waals surface area contributed by atoms with E-state index in [1.807, 2.05) is 13.0 Å². The van der Waals surface area contributed by atoms with Crippen LogP contribution in [0.5, 0.6) is 0 Å². The van der Waals surface area contributed by atoms with Crippen molar-refractivity contribution in [1.29, 1.82) is 0 Å². The van der Waals surface area contributed by atoms with Crippen molar-refractivity contribution in [1.82, 2.24) is 9.97 Å². The zero-order valence-corrected chi connectivity index (χ0v) is 9.23. The number of aryl methyl sites for hydroxylation is 1. The fourth-order valence-electron chi connectivity index (χ4n) is 1.57. The summed E-state index contributed by atoms with van der Waals surface area (Å²) >= 11 is 0. The van der Waals surface area contributed by atoms with Crippen LogP contribution in [-0.2, 0) is 4.79 Å². The SMILES string of the molecule is Cc1nc(NCCC(=O)O)cc(C2CC2)n1. The first-order valence-corrected chi connectivity index (χ1v) is 5.46. The number of nitrogens with zero attached hydrogens (tertiary/aromatic N) is 2. The maximum atomic E-state index is 10.4. The molecule has 2 N–H and O–H groups in total. The van der Waals surface area contributed by atoms with Gasteiger partial charge < -0.3 is 10.4 Å². The average molecular weight is 221 g/mol. The molecule has 0 unspecified atom stereocenters. The van der Waals surface area contributed by atoms with E-state index in [-0.39, 0.29) is 6.42 Å². The maximum absolute atomic E-state index is 10.4. The molecule has 0 saturated heterocycles. The third-order valence-corrected chi connectivity index (χ3v) is 2.50. The Hall–Kier alpha value is -1.65. The number of aliphatic carboxylic acids is 1. The van der Waals surface area contributed by atoms with Gasteiger partial charge in [-0.05, 0) is 19.8 Å². The summed E-state index contributed by atoms with van der Waals surface area (Å²) in [5, 5.41) is 11.5. The lowest BCUT2D eigenvalue weighted by atomic mass is 10.2. The van der Waals surface area contributed by atoms with Crippen LogP contribution in [0.25, 0.3) is 0 Å². The van der Waals surface area contributed by atoms with Crippen molar-refractivity contribution in [2.24, 2.45) is 0 Å². The number of nitrogens with one attached hydrogen (secondary N) is 1. The number of hydrogen-bond acceptors (Lipinski definition) is 4. The zero-order chi connectivity index (χ0) is 11.5. The molecule has 0 spiro atoms.